The lowest BCUT2D eigenvalue weighted by Crippen LogP contribution is -2.00. The maximum absolute atomic E-state index is 13.5. The van der Waals surface area contributed by atoms with Crippen LogP contribution in [-0.4, -0.2) is 17.1 Å². The van der Waals surface area contributed by atoms with E-state index in [1.54, 1.807) is 6.07 Å². The van der Waals surface area contributed by atoms with Crippen LogP contribution >= 0.6 is 0 Å². The van der Waals surface area contributed by atoms with E-state index >= 15 is 0 Å². The molecule has 1 heterocycles. The predicted octanol–water partition coefficient (Wildman–Crippen LogP) is 2.56. The summed E-state index contributed by atoms with van der Waals surface area (Å²) in [6.45, 7) is 2.03. The van der Waals surface area contributed by atoms with Gasteiger partial charge in [-0.2, -0.15) is 9.37 Å². The lowest BCUT2D eigenvalue weighted by Gasteiger charge is -2.11. The van der Waals surface area contributed by atoms with Crippen LogP contribution in [0.3, 0.4) is 0 Å². The van der Waals surface area contributed by atoms with Crippen molar-refractivity contribution >= 4 is 5.95 Å². The first-order valence-corrected chi connectivity index (χ1v) is 5.76. The van der Waals surface area contributed by atoms with Crippen LogP contribution in [0.15, 0.2) is 24.4 Å². The first kappa shape index (κ1) is 13.1. The molecule has 2 rings (SSSR count). The van der Waals surface area contributed by atoms with Crippen LogP contribution in [0, 0.1) is 5.82 Å². The molecule has 0 aliphatic rings. The highest BCUT2D eigenvalue weighted by Gasteiger charge is 2.12. The number of aryl methyl sites for hydroxylation is 1. The highest BCUT2D eigenvalue weighted by molar-refractivity contribution is 5.45. The number of hydrogen-bond acceptors (Lipinski definition) is 5. The third-order valence-corrected chi connectivity index (χ3v) is 2.57. The summed E-state index contributed by atoms with van der Waals surface area (Å²) in [7, 11) is 1.52. The Kier molecular flexibility index (Phi) is 3.79. The summed E-state index contributed by atoms with van der Waals surface area (Å²) in [5.74, 6) is -0.0842. The van der Waals surface area contributed by atoms with E-state index in [4.69, 9.17) is 15.2 Å². The Morgan fingerprint density at radius 2 is 2.11 bits per heavy atom. The molecular formula is C13H14FN3O2. The van der Waals surface area contributed by atoms with E-state index in [1.807, 2.05) is 19.1 Å². The quantitative estimate of drug-likeness (QED) is 0.918. The average molecular weight is 263 g/mol. The molecule has 0 aliphatic carbocycles. The Morgan fingerprint density at radius 3 is 2.79 bits per heavy atom. The van der Waals surface area contributed by atoms with Crippen LogP contribution in [0.4, 0.5) is 10.3 Å². The molecule has 0 saturated carbocycles. The third-order valence-electron chi connectivity index (χ3n) is 2.57. The molecule has 0 unspecified atom stereocenters. The van der Waals surface area contributed by atoms with Gasteiger partial charge in [0.2, 0.25) is 11.8 Å². The molecule has 2 N–H and O–H groups in total. The number of benzene rings is 1. The zero-order chi connectivity index (χ0) is 13.8. The van der Waals surface area contributed by atoms with Gasteiger partial charge in [-0.15, -0.1) is 0 Å². The van der Waals surface area contributed by atoms with Gasteiger partial charge < -0.3 is 15.2 Å². The van der Waals surface area contributed by atoms with Crippen molar-refractivity contribution in [2.45, 2.75) is 13.3 Å². The number of hydrogen-bond donors (Lipinski definition) is 1. The van der Waals surface area contributed by atoms with E-state index < -0.39 is 5.82 Å². The number of halogens is 1. The molecule has 6 heteroatoms. The van der Waals surface area contributed by atoms with Crippen molar-refractivity contribution in [3.63, 3.8) is 0 Å². The molecular weight excluding hydrogens is 249 g/mol. The van der Waals surface area contributed by atoms with E-state index in [-0.39, 0.29) is 11.8 Å². The van der Waals surface area contributed by atoms with Crippen LogP contribution in [0.1, 0.15) is 12.5 Å². The van der Waals surface area contributed by atoms with Gasteiger partial charge in [0.05, 0.1) is 13.3 Å². The number of methoxy groups -OCH3 is 1. The van der Waals surface area contributed by atoms with Gasteiger partial charge in [0, 0.05) is 0 Å². The molecule has 0 radical (unpaired) electrons. The standard InChI is InChI=1S/C13H14FN3O2/c1-3-8-4-5-10(11(6-8)18-2)19-12-9(14)7-16-13(15)17-12/h4-7H,3H2,1-2H3,(H2,15,16,17). The minimum Gasteiger partial charge on any atom is -0.493 e. The monoisotopic (exact) mass is 263 g/mol. The SMILES string of the molecule is CCc1ccc(Oc2nc(N)ncc2F)c(OC)c1. The molecule has 0 spiro atoms. The van der Waals surface area contributed by atoms with Crippen molar-refractivity contribution < 1.29 is 13.9 Å². The fraction of sp³-hybridized carbons (Fsp3) is 0.231. The number of nitrogen functional groups attached to an aromatic ring is 1. The lowest BCUT2D eigenvalue weighted by atomic mass is 10.1. The van der Waals surface area contributed by atoms with Crippen molar-refractivity contribution in [1.29, 1.82) is 0 Å². The molecule has 0 aliphatic heterocycles. The summed E-state index contributed by atoms with van der Waals surface area (Å²) in [5, 5.41) is 0. The molecule has 100 valence electrons. The maximum atomic E-state index is 13.5. The maximum Gasteiger partial charge on any atom is 0.261 e. The smallest absolute Gasteiger partial charge is 0.261 e. The van der Waals surface area contributed by atoms with Gasteiger partial charge in [0.15, 0.2) is 11.5 Å². The number of nitrogens with zero attached hydrogens (tertiary/aromatic N) is 2. The van der Waals surface area contributed by atoms with Gasteiger partial charge in [-0.25, -0.2) is 4.98 Å². The first-order valence-electron chi connectivity index (χ1n) is 5.76. The van der Waals surface area contributed by atoms with Crippen LogP contribution in [-0.2, 0) is 6.42 Å². The van der Waals surface area contributed by atoms with Gasteiger partial charge in [-0.05, 0) is 24.1 Å². The summed E-state index contributed by atoms with van der Waals surface area (Å²) >= 11 is 0. The van der Waals surface area contributed by atoms with Gasteiger partial charge in [-0.1, -0.05) is 13.0 Å². The highest BCUT2D eigenvalue weighted by Crippen LogP contribution is 2.32. The minimum atomic E-state index is -0.684. The van der Waals surface area contributed by atoms with E-state index in [2.05, 4.69) is 9.97 Å². The summed E-state index contributed by atoms with van der Waals surface area (Å²) < 4.78 is 24.1. The zero-order valence-electron chi connectivity index (χ0n) is 10.7. The highest BCUT2D eigenvalue weighted by atomic mass is 19.1. The second-order valence-corrected chi connectivity index (χ2v) is 3.82. The minimum absolute atomic E-state index is 0.0551. The molecule has 0 atom stereocenters. The number of rotatable bonds is 4. The predicted molar refractivity (Wildman–Crippen MR) is 68.8 cm³/mol. The largest absolute Gasteiger partial charge is 0.493 e. The summed E-state index contributed by atoms with van der Waals surface area (Å²) in [6.07, 6.45) is 1.83. The number of ether oxygens (including phenoxy) is 2. The van der Waals surface area contributed by atoms with Crippen LogP contribution in [0.25, 0.3) is 0 Å². The Bertz CT molecular complexity index is 590. The van der Waals surface area contributed by atoms with E-state index in [9.17, 15) is 4.39 Å². The molecule has 0 saturated heterocycles. The van der Waals surface area contributed by atoms with Crippen LogP contribution < -0.4 is 15.2 Å². The van der Waals surface area contributed by atoms with Crippen molar-refractivity contribution in [2.24, 2.45) is 0 Å². The fourth-order valence-corrected chi connectivity index (χ4v) is 1.56. The van der Waals surface area contributed by atoms with Gasteiger partial charge in [0.1, 0.15) is 0 Å². The molecule has 0 fully saturated rings. The molecule has 1 aromatic carbocycles. The molecule has 0 bridgehead atoms. The second-order valence-electron chi connectivity index (χ2n) is 3.82. The summed E-state index contributed by atoms with van der Waals surface area (Å²) in [5.41, 5.74) is 6.49. The van der Waals surface area contributed by atoms with Crippen molar-refractivity contribution in [3.05, 3.63) is 35.8 Å². The Morgan fingerprint density at radius 1 is 1.32 bits per heavy atom. The zero-order valence-corrected chi connectivity index (χ0v) is 10.7. The lowest BCUT2D eigenvalue weighted by molar-refractivity contribution is 0.363. The molecule has 0 amide bonds. The van der Waals surface area contributed by atoms with Crippen molar-refractivity contribution in [2.75, 3.05) is 12.8 Å². The Balaban J connectivity index is 2.35. The van der Waals surface area contributed by atoms with Crippen molar-refractivity contribution in [1.82, 2.24) is 9.97 Å². The van der Waals surface area contributed by atoms with Gasteiger partial charge >= 0.3 is 0 Å². The molecule has 2 aromatic rings. The second kappa shape index (κ2) is 5.51. The van der Waals surface area contributed by atoms with Gasteiger partial charge in [0.25, 0.3) is 5.88 Å². The Hall–Kier alpha value is -2.37. The topological polar surface area (TPSA) is 70.3 Å². The van der Waals surface area contributed by atoms with E-state index in [1.165, 1.54) is 7.11 Å². The number of anilines is 1. The molecule has 1 aromatic heterocycles. The van der Waals surface area contributed by atoms with E-state index in [0.717, 1.165) is 18.2 Å². The normalized spacial score (nSPS) is 10.3. The van der Waals surface area contributed by atoms with E-state index in [0.29, 0.717) is 11.5 Å². The molecule has 19 heavy (non-hydrogen) atoms. The number of aromatic nitrogens is 2. The number of nitrogens with two attached hydrogens (primary N) is 1. The van der Waals surface area contributed by atoms with Gasteiger partial charge in [-0.3, -0.25) is 0 Å². The molecule has 5 nitrogen and oxygen atoms in total. The summed E-state index contributed by atoms with van der Waals surface area (Å²) in [4.78, 5) is 7.23. The fourth-order valence-electron chi connectivity index (χ4n) is 1.56. The summed E-state index contributed by atoms with van der Waals surface area (Å²) in [6, 6.07) is 5.41. The first-order chi connectivity index (χ1) is 9.13. The average Bonchev–Trinajstić information content (AvgIpc) is 2.43. The van der Waals surface area contributed by atoms with Crippen molar-refractivity contribution in [3.8, 4) is 17.4 Å². The Labute approximate surface area is 110 Å². The van der Waals surface area contributed by atoms with Crippen LogP contribution in [0.2, 0.25) is 0 Å². The third kappa shape index (κ3) is 2.90. The van der Waals surface area contributed by atoms with Crippen LogP contribution in [0.5, 0.6) is 17.4 Å².